The van der Waals surface area contributed by atoms with Gasteiger partial charge in [-0.2, -0.15) is 4.99 Å². The second-order valence-electron chi connectivity index (χ2n) is 11.4. The molecule has 4 aromatic rings. The maximum atomic E-state index is 14.0. The molecule has 0 atom stereocenters. The van der Waals surface area contributed by atoms with Crippen LogP contribution in [0.1, 0.15) is 41.6 Å². The van der Waals surface area contributed by atoms with Crippen LogP contribution in [0.2, 0.25) is 0 Å². The minimum atomic E-state index is -0.406. The van der Waals surface area contributed by atoms with E-state index in [1.54, 1.807) is 43.9 Å². The topological polar surface area (TPSA) is 133 Å². The Hall–Kier alpha value is -5.06. The lowest BCUT2D eigenvalue weighted by Crippen LogP contribution is -2.47. The van der Waals surface area contributed by atoms with Crippen LogP contribution in [0, 0.1) is 6.92 Å². The Kier molecular flexibility index (Phi) is 10.4. The van der Waals surface area contributed by atoms with E-state index in [0.29, 0.717) is 41.2 Å². The molecule has 240 valence electrons. The van der Waals surface area contributed by atoms with E-state index < -0.39 is 5.91 Å². The SMILES string of the molecule is COc1c(-c2ccnc3nc[nH]c23)ccc(C(=O)N(C)c2ccc(C)cc2OCCCCCC(=O)N2CCN(C)CC2)c1N=C=O. The molecule has 2 aromatic carbocycles. The molecule has 0 radical (unpaired) electrons. The van der Waals surface area contributed by atoms with Crippen molar-refractivity contribution in [2.24, 2.45) is 4.99 Å². The summed E-state index contributed by atoms with van der Waals surface area (Å²) in [7, 11) is 5.18. The molecule has 2 amide bonds. The molecule has 12 heteroatoms. The number of nitrogens with one attached hydrogen (secondary N) is 1. The van der Waals surface area contributed by atoms with Crippen molar-refractivity contribution in [3.05, 3.63) is 60.0 Å². The number of carbonyl (C=O) groups excluding carboxylic acids is 3. The fourth-order valence-corrected chi connectivity index (χ4v) is 5.65. The van der Waals surface area contributed by atoms with Crippen molar-refractivity contribution in [1.29, 1.82) is 0 Å². The minimum Gasteiger partial charge on any atom is -0.494 e. The van der Waals surface area contributed by atoms with Gasteiger partial charge < -0.3 is 29.2 Å². The third kappa shape index (κ3) is 7.09. The summed E-state index contributed by atoms with van der Waals surface area (Å²) in [6.45, 7) is 5.82. The van der Waals surface area contributed by atoms with Crippen molar-refractivity contribution in [2.75, 3.05) is 58.9 Å². The number of anilines is 1. The number of hydrogen-bond acceptors (Lipinski definition) is 9. The Bertz CT molecular complexity index is 1760. The van der Waals surface area contributed by atoms with Crippen LogP contribution in [-0.2, 0) is 9.59 Å². The molecule has 1 fully saturated rings. The number of isocyanates is 1. The Morgan fingerprint density at radius 3 is 2.61 bits per heavy atom. The first kappa shape index (κ1) is 32.3. The monoisotopic (exact) mass is 625 g/mol. The predicted octanol–water partition coefficient (Wildman–Crippen LogP) is 4.90. The number of aryl methyl sites for hydroxylation is 1. The first-order chi connectivity index (χ1) is 22.3. The molecule has 46 heavy (non-hydrogen) atoms. The molecule has 12 nitrogen and oxygen atoms in total. The summed E-state index contributed by atoms with van der Waals surface area (Å²) in [4.78, 5) is 59.2. The highest BCUT2D eigenvalue weighted by Gasteiger charge is 2.26. The standard InChI is InChI=1S/C34H39N7O5/c1-23-9-12-27(28(20-23)46-19-7-5-6-8-29(43)41-17-15-39(2)16-18-41)40(3)34(44)26-11-10-25(32(45-4)30(26)38-22-42)24-13-14-35-33-31(24)36-21-37-33/h9-14,20-21H,5-8,15-19H2,1-4H3,(H,35,36,37). The highest BCUT2D eigenvalue weighted by Crippen LogP contribution is 2.43. The predicted molar refractivity (Wildman–Crippen MR) is 176 cm³/mol. The number of unbranched alkanes of at least 4 members (excludes halogenated alkanes) is 2. The summed E-state index contributed by atoms with van der Waals surface area (Å²) < 4.78 is 11.9. The fourth-order valence-electron chi connectivity index (χ4n) is 5.65. The van der Waals surface area contributed by atoms with E-state index in [2.05, 4.69) is 31.9 Å². The second kappa shape index (κ2) is 14.8. The van der Waals surface area contributed by atoms with Crippen molar-refractivity contribution in [3.63, 3.8) is 0 Å². The summed E-state index contributed by atoms with van der Waals surface area (Å²) in [5.74, 6) is 0.618. The zero-order valence-corrected chi connectivity index (χ0v) is 26.7. The number of benzene rings is 2. The Labute approximate surface area is 268 Å². The van der Waals surface area contributed by atoms with Crippen LogP contribution in [0.15, 0.2) is 53.9 Å². The van der Waals surface area contributed by atoms with Crippen LogP contribution >= 0.6 is 0 Å². The van der Waals surface area contributed by atoms with Gasteiger partial charge in [-0.05, 0) is 69.1 Å². The van der Waals surface area contributed by atoms with E-state index in [-0.39, 0.29) is 22.9 Å². The van der Waals surface area contributed by atoms with Gasteiger partial charge >= 0.3 is 0 Å². The molecular formula is C34H39N7O5. The molecule has 2 aromatic heterocycles. The van der Waals surface area contributed by atoms with Crippen molar-refractivity contribution >= 4 is 40.4 Å². The lowest BCUT2D eigenvalue weighted by atomic mass is 9.99. The van der Waals surface area contributed by atoms with Gasteiger partial charge in [-0.25, -0.2) is 14.8 Å². The largest absolute Gasteiger partial charge is 0.494 e. The van der Waals surface area contributed by atoms with E-state index in [4.69, 9.17) is 9.47 Å². The smallest absolute Gasteiger partial charge is 0.260 e. The molecule has 1 aliphatic rings. The van der Waals surface area contributed by atoms with Crippen LogP contribution in [-0.4, -0.2) is 96.6 Å². The molecule has 0 bridgehead atoms. The number of aromatic nitrogens is 3. The first-order valence-electron chi connectivity index (χ1n) is 15.4. The van der Waals surface area contributed by atoms with E-state index in [9.17, 15) is 14.4 Å². The number of aromatic amines is 1. The second-order valence-corrected chi connectivity index (χ2v) is 11.4. The maximum absolute atomic E-state index is 14.0. The van der Waals surface area contributed by atoms with Gasteiger partial charge in [-0.1, -0.05) is 6.07 Å². The normalized spacial score (nSPS) is 13.3. The summed E-state index contributed by atoms with van der Waals surface area (Å²) in [5, 5.41) is 0. The number of H-pyrrole nitrogens is 1. The van der Waals surface area contributed by atoms with E-state index >= 15 is 0 Å². The maximum Gasteiger partial charge on any atom is 0.260 e. The van der Waals surface area contributed by atoms with Gasteiger partial charge in [0.15, 0.2) is 11.4 Å². The molecule has 0 spiro atoms. The first-order valence-corrected chi connectivity index (χ1v) is 15.4. The van der Waals surface area contributed by atoms with E-state index in [0.717, 1.165) is 56.6 Å². The molecular weight excluding hydrogens is 586 g/mol. The number of amides is 2. The Morgan fingerprint density at radius 2 is 1.85 bits per heavy atom. The molecule has 5 rings (SSSR count). The van der Waals surface area contributed by atoms with Crippen LogP contribution < -0.4 is 14.4 Å². The van der Waals surface area contributed by atoms with Crippen molar-refractivity contribution in [3.8, 4) is 22.6 Å². The number of likely N-dealkylation sites (N-methyl/N-ethyl adjacent to an activating group) is 1. The molecule has 3 heterocycles. The zero-order valence-electron chi connectivity index (χ0n) is 26.7. The Balaban J connectivity index is 1.29. The van der Waals surface area contributed by atoms with Gasteiger partial charge in [-0.15, -0.1) is 0 Å². The number of ether oxygens (including phenoxy) is 2. The number of rotatable bonds is 12. The zero-order chi connectivity index (χ0) is 32.6. The average Bonchev–Trinajstić information content (AvgIpc) is 3.55. The third-order valence-electron chi connectivity index (χ3n) is 8.27. The van der Waals surface area contributed by atoms with Crippen LogP contribution in [0.5, 0.6) is 11.5 Å². The molecule has 1 aliphatic heterocycles. The number of nitrogens with zero attached hydrogens (tertiary/aromatic N) is 6. The van der Waals surface area contributed by atoms with Crippen LogP contribution in [0.25, 0.3) is 22.3 Å². The highest BCUT2D eigenvalue weighted by molar-refractivity contribution is 6.11. The lowest BCUT2D eigenvalue weighted by Gasteiger charge is -2.32. The average molecular weight is 626 g/mol. The van der Waals surface area contributed by atoms with Crippen LogP contribution in [0.4, 0.5) is 11.4 Å². The summed E-state index contributed by atoms with van der Waals surface area (Å²) in [5.41, 5.74) is 4.32. The van der Waals surface area contributed by atoms with E-state index in [1.165, 1.54) is 12.0 Å². The lowest BCUT2D eigenvalue weighted by molar-refractivity contribution is -0.132. The Morgan fingerprint density at radius 1 is 1.04 bits per heavy atom. The third-order valence-corrected chi connectivity index (χ3v) is 8.27. The number of fused-ring (bicyclic) bond motifs is 1. The van der Waals surface area contributed by atoms with Gasteiger partial charge in [0.25, 0.3) is 5.91 Å². The van der Waals surface area contributed by atoms with Crippen molar-refractivity contribution in [1.82, 2.24) is 24.8 Å². The number of hydrogen-bond donors (Lipinski definition) is 1. The number of pyridine rings is 1. The van der Waals surface area contributed by atoms with Crippen molar-refractivity contribution in [2.45, 2.75) is 32.6 Å². The molecule has 0 saturated carbocycles. The number of imidazole rings is 1. The van der Waals surface area contributed by atoms with Gasteiger partial charge in [0.2, 0.25) is 12.0 Å². The number of carbonyl (C=O) groups is 2. The molecule has 0 aliphatic carbocycles. The van der Waals surface area contributed by atoms with E-state index in [1.807, 2.05) is 30.0 Å². The fraction of sp³-hybridized carbons (Fsp3) is 0.382. The van der Waals surface area contributed by atoms with Gasteiger partial charge in [0, 0.05) is 57.0 Å². The van der Waals surface area contributed by atoms with Gasteiger partial charge in [0.1, 0.15) is 11.4 Å². The highest BCUT2D eigenvalue weighted by atomic mass is 16.5. The molecule has 1 saturated heterocycles. The quantitative estimate of drug-likeness (QED) is 0.134. The van der Waals surface area contributed by atoms with Gasteiger partial charge in [0.05, 0.1) is 36.8 Å². The number of piperazine rings is 1. The van der Waals surface area contributed by atoms with Crippen molar-refractivity contribution < 1.29 is 23.9 Å². The number of methoxy groups -OCH3 is 1. The minimum absolute atomic E-state index is 0.0667. The van der Waals surface area contributed by atoms with Gasteiger partial charge in [-0.3, -0.25) is 9.59 Å². The summed E-state index contributed by atoms with van der Waals surface area (Å²) in [6.07, 6.45) is 7.72. The van der Waals surface area contributed by atoms with Crippen LogP contribution in [0.3, 0.4) is 0 Å². The summed E-state index contributed by atoms with van der Waals surface area (Å²) in [6, 6.07) is 10.8. The molecule has 0 unspecified atom stereocenters. The number of aliphatic imine (C=N–C) groups is 1. The summed E-state index contributed by atoms with van der Waals surface area (Å²) >= 11 is 0. The molecule has 1 N–H and O–H groups in total.